The molecule has 0 saturated heterocycles. The fraction of sp³-hybridized carbons (Fsp3) is 0.667. The summed E-state index contributed by atoms with van der Waals surface area (Å²) in [4.78, 5) is 0. The van der Waals surface area contributed by atoms with Crippen LogP contribution in [0.5, 0.6) is 0 Å². The van der Waals surface area contributed by atoms with Gasteiger partial charge in [-0.2, -0.15) is 0 Å². The summed E-state index contributed by atoms with van der Waals surface area (Å²) in [6.07, 6.45) is 4.24. The van der Waals surface area contributed by atoms with E-state index in [1.807, 2.05) is 6.20 Å². The van der Waals surface area contributed by atoms with Crippen molar-refractivity contribution in [3.05, 3.63) is 11.9 Å². The lowest BCUT2D eigenvalue weighted by molar-refractivity contribution is 0.700. The van der Waals surface area contributed by atoms with E-state index in [9.17, 15) is 0 Å². The molecule has 2 rings (SSSR count). The van der Waals surface area contributed by atoms with Gasteiger partial charge in [0.05, 0.1) is 12.2 Å². The molecule has 0 unspecified atom stereocenters. The second kappa shape index (κ2) is 1.42. The molecule has 1 saturated carbocycles. The van der Waals surface area contributed by atoms with E-state index in [-0.39, 0.29) is 5.54 Å². The summed E-state index contributed by atoms with van der Waals surface area (Å²) in [5, 5.41) is 6.25. The molecule has 0 aromatic heterocycles. The quantitative estimate of drug-likeness (QED) is 0.441. The summed E-state index contributed by atoms with van der Waals surface area (Å²) >= 11 is 0. The smallest absolute Gasteiger partial charge is 0.0843 e. The monoisotopic (exact) mass is 125 g/mol. The lowest BCUT2D eigenvalue weighted by atomic mass is 10.2. The van der Waals surface area contributed by atoms with Crippen molar-refractivity contribution in [2.75, 3.05) is 6.67 Å². The van der Waals surface area contributed by atoms with E-state index in [1.54, 1.807) is 0 Å². The van der Waals surface area contributed by atoms with Crippen LogP contribution in [0.1, 0.15) is 12.8 Å². The van der Waals surface area contributed by atoms with Gasteiger partial charge < -0.3 is 16.4 Å². The third-order valence-electron chi connectivity index (χ3n) is 1.95. The summed E-state index contributed by atoms with van der Waals surface area (Å²) in [6.45, 7) is 0.842. The Labute approximate surface area is 54.3 Å². The Kier molecular flexibility index (Phi) is 0.805. The Hall–Kier alpha value is -0.700. The lowest BCUT2D eigenvalue weighted by Gasteiger charge is -2.08. The van der Waals surface area contributed by atoms with Gasteiger partial charge in [0.2, 0.25) is 0 Å². The first kappa shape index (κ1) is 5.11. The van der Waals surface area contributed by atoms with Gasteiger partial charge >= 0.3 is 0 Å². The minimum absolute atomic E-state index is 0.0174. The standard InChI is InChI=1S/C6H11N3/c7-6(1-2-6)5-3-8-4-9-5/h3,8-9H,1-2,4,7H2. The van der Waals surface area contributed by atoms with E-state index in [1.165, 1.54) is 5.70 Å². The van der Waals surface area contributed by atoms with E-state index < -0.39 is 0 Å². The first-order valence-electron chi connectivity index (χ1n) is 3.28. The molecule has 0 aromatic carbocycles. The molecule has 3 heteroatoms. The zero-order valence-corrected chi connectivity index (χ0v) is 5.28. The van der Waals surface area contributed by atoms with Crippen molar-refractivity contribution in [2.45, 2.75) is 18.4 Å². The van der Waals surface area contributed by atoms with Crippen molar-refractivity contribution in [1.82, 2.24) is 10.6 Å². The van der Waals surface area contributed by atoms with E-state index >= 15 is 0 Å². The van der Waals surface area contributed by atoms with Crippen LogP contribution >= 0.6 is 0 Å². The van der Waals surface area contributed by atoms with Gasteiger partial charge in [-0.25, -0.2) is 0 Å². The third-order valence-corrected chi connectivity index (χ3v) is 1.95. The predicted octanol–water partition coefficient (Wildman–Crippen LogP) is -0.531. The summed E-state index contributed by atoms with van der Waals surface area (Å²) in [7, 11) is 0. The Morgan fingerprint density at radius 3 is 2.78 bits per heavy atom. The van der Waals surface area contributed by atoms with Gasteiger partial charge in [0.15, 0.2) is 0 Å². The van der Waals surface area contributed by atoms with Crippen molar-refractivity contribution in [1.29, 1.82) is 0 Å². The minimum atomic E-state index is 0.0174. The molecule has 9 heavy (non-hydrogen) atoms. The molecule has 2 aliphatic rings. The number of rotatable bonds is 1. The Balaban J connectivity index is 2.12. The molecule has 0 amide bonds. The van der Waals surface area contributed by atoms with Gasteiger partial charge in [0, 0.05) is 11.9 Å². The zero-order valence-electron chi connectivity index (χ0n) is 5.28. The minimum Gasteiger partial charge on any atom is -0.372 e. The highest BCUT2D eigenvalue weighted by Gasteiger charge is 2.42. The summed E-state index contributed by atoms with van der Waals surface area (Å²) in [6, 6.07) is 0. The fourth-order valence-electron chi connectivity index (χ4n) is 1.07. The van der Waals surface area contributed by atoms with Crippen molar-refractivity contribution in [3.8, 4) is 0 Å². The number of hydrogen-bond donors (Lipinski definition) is 3. The van der Waals surface area contributed by atoms with Crippen LogP contribution in [0.4, 0.5) is 0 Å². The van der Waals surface area contributed by atoms with Gasteiger partial charge in [-0.15, -0.1) is 0 Å². The second-order valence-electron chi connectivity index (χ2n) is 2.77. The van der Waals surface area contributed by atoms with Gasteiger partial charge in [-0.05, 0) is 12.8 Å². The number of nitrogens with one attached hydrogen (secondary N) is 2. The van der Waals surface area contributed by atoms with Crippen LogP contribution in [0.25, 0.3) is 0 Å². The molecule has 1 heterocycles. The maximum absolute atomic E-state index is 5.88. The molecule has 0 spiro atoms. The van der Waals surface area contributed by atoms with Crippen molar-refractivity contribution in [3.63, 3.8) is 0 Å². The van der Waals surface area contributed by atoms with Crippen LogP contribution in [0.2, 0.25) is 0 Å². The SMILES string of the molecule is NC1(C2=CNCN2)CC1. The van der Waals surface area contributed by atoms with Crippen LogP contribution in [0, 0.1) is 0 Å². The molecule has 0 bridgehead atoms. The van der Waals surface area contributed by atoms with Crippen molar-refractivity contribution >= 4 is 0 Å². The molecule has 0 radical (unpaired) electrons. The molecule has 1 aliphatic heterocycles. The van der Waals surface area contributed by atoms with E-state index in [2.05, 4.69) is 10.6 Å². The normalized spacial score (nSPS) is 28.3. The first-order chi connectivity index (χ1) is 4.31. The molecule has 50 valence electrons. The average Bonchev–Trinajstić information content (AvgIpc) is 2.46. The molecule has 0 aromatic rings. The molecule has 1 fully saturated rings. The zero-order chi connectivity index (χ0) is 6.32. The maximum Gasteiger partial charge on any atom is 0.0843 e. The fourth-order valence-corrected chi connectivity index (χ4v) is 1.07. The number of hydrogen-bond acceptors (Lipinski definition) is 3. The Morgan fingerprint density at radius 1 is 1.56 bits per heavy atom. The topological polar surface area (TPSA) is 50.1 Å². The van der Waals surface area contributed by atoms with Crippen molar-refractivity contribution < 1.29 is 0 Å². The second-order valence-corrected chi connectivity index (χ2v) is 2.77. The first-order valence-corrected chi connectivity index (χ1v) is 3.28. The van der Waals surface area contributed by atoms with Gasteiger partial charge in [0.1, 0.15) is 0 Å². The van der Waals surface area contributed by atoms with Crippen LogP contribution < -0.4 is 16.4 Å². The number of nitrogens with two attached hydrogens (primary N) is 1. The van der Waals surface area contributed by atoms with Crippen LogP contribution in [-0.4, -0.2) is 12.2 Å². The molecular weight excluding hydrogens is 114 g/mol. The molecule has 0 atom stereocenters. The van der Waals surface area contributed by atoms with Gasteiger partial charge in [-0.3, -0.25) is 0 Å². The van der Waals surface area contributed by atoms with E-state index in [0.29, 0.717) is 0 Å². The van der Waals surface area contributed by atoms with Crippen LogP contribution in [0.3, 0.4) is 0 Å². The van der Waals surface area contributed by atoms with Gasteiger partial charge in [0.25, 0.3) is 0 Å². The summed E-state index contributed by atoms with van der Waals surface area (Å²) in [5.41, 5.74) is 7.08. The van der Waals surface area contributed by atoms with Crippen LogP contribution in [-0.2, 0) is 0 Å². The highest BCUT2D eigenvalue weighted by molar-refractivity contribution is 5.27. The lowest BCUT2D eigenvalue weighted by Crippen LogP contribution is -2.31. The van der Waals surface area contributed by atoms with E-state index in [4.69, 9.17) is 5.73 Å². The molecular formula is C6H11N3. The third kappa shape index (κ3) is 0.685. The van der Waals surface area contributed by atoms with Gasteiger partial charge in [-0.1, -0.05) is 0 Å². The summed E-state index contributed by atoms with van der Waals surface area (Å²) in [5.74, 6) is 0. The predicted molar refractivity (Wildman–Crippen MR) is 35.4 cm³/mol. The summed E-state index contributed by atoms with van der Waals surface area (Å²) < 4.78 is 0. The van der Waals surface area contributed by atoms with Crippen LogP contribution in [0.15, 0.2) is 11.9 Å². The average molecular weight is 125 g/mol. The van der Waals surface area contributed by atoms with Crippen molar-refractivity contribution in [2.24, 2.45) is 5.73 Å². The Morgan fingerprint density at radius 2 is 2.33 bits per heavy atom. The molecule has 3 nitrogen and oxygen atoms in total. The molecule has 1 aliphatic carbocycles. The highest BCUT2D eigenvalue weighted by Crippen LogP contribution is 2.38. The highest BCUT2D eigenvalue weighted by atomic mass is 15.2. The Bertz CT molecular complexity index is 158. The maximum atomic E-state index is 5.88. The van der Waals surface area contributed by atoms with E-state index in [0.717, 1.165) is 19.5 Å². The molecule has 4 N–H and O–H groups in total. The largest absolute Gasteiger partial charge is 0.372 e.